The van der Waals surface area contributed by atoms with E-state index < -0.39 is 15.6 Å². The average molecular weight is 333 g/mol. The highest BCUT2D eigenvalue weighted by molar-refractivity contribution is 7.88. The second-order valence-electron chi connectivity index (χ2n) is 6.03. The van der Waals surface area contributed by atoms with Gasteiger partial charge in [0.25, 0.3) is 0 Å². The Hall–Kier alpha value is -0.620. The minimum atomic E-state index is -3.22. The summed E-state index contributed by atoms with van der Waals surface area (Å²) in [6.45, 7) is 6.41. The molecule has 0 amide bonds. The summed E-state index contributed by atoms with van der Waals surface area (Å²) in [4.78, 5) is 0. The van der Waals surface area contributed by atoms with Crippen molar-refractivity contribution in [2.45, 2.75) is 45.2 Å². The van der Waals surface area contributed by atoms with E-state index in [4.69, 9.17) is 11.6 Å². The lowest BCUT2D eigenvalue weighted by Gasteiger charge is -2.29. The van der Waals surface area contributed by atoms with Crippen molar-refractivity contribution >= 4 is 21.6 Å². The fourth-order valence-electron chi connectivity index (χ4n) is 2.29. The van der Waals surface area contributed by atoms with Gasteiger partial charge in [-0.2, -0.15) is 0 Å². The molecule has 0 saturated carbocycles. The topological polar surface area (TPSA) is 58.2 Å². The standard InChI is InChI=1S/C15H25ClN2O2S/c1-5-6-14(12-7-9-13(16)10-8-12)17-11-15(2,3)18-21(4,19)20/h7-10,14,17-18H,5-6,11H2,1-4H3. The van der Waals surface area contributed by atoms with Crippen LogP contribution in [0, 0.1) is 0 Å². The molecule has 2 N–H and O–H groups in total. The van der Waals surface area contributed by atoms with Crippen LogP contribution in [0.3, 0.4) is 0 Å². The van der Waals surface area contributed by atoms with E-state index in [0.29, 0.717) is 11.6 Å². The lowest BCUT2D eigenvalue weighted by Crippen LogP contribution is -2.50. The van der Waals surface area contributed by atoms with Crippen LogP contribution < -0.4 is 10.0 Å². The van der Waals surface area contributed by atoms with Crippen molar-refractivity contribution in [2.24, 2.45) is 0 Å². The molecule has 1 aromatic rings. The van der Waals surface area contributed by atoms with Crippen LogP contribution >= 0.6 is 11.6 Å². The van der Waals surface area contributed by atoms with E-state index in [1.165, 1.54) is 6.26 Å². The smallest absolute Gasteiger partial charge is 0.209 e. The summed E-state index contributed by atoms with van der Waals surface area (Å²) in [7, 11) is -3.22. The molecule has 1 unspecified atom stereocenters. The second-order valence-corrected chi connectivity index (χ2v) is 8.22. The second kappa shape index (κ2) is 7.58. The Kier molecular flexibility index (Phi) is 6.66. The molecule has 6 heteroatoms. The molecule has 0 spiro atoms. The number of benzene rings is 1. The summed E-state index contributed by atoms with van der Waals surface area (Å²) < 4.78 is 25.4. The molecule has 0 bridgehead atoms. The highest BCUT2D eigenvalue weighted by Gasteiger charge is 2.23. The number of hydrogen-bond acceptors (Lipinski definition) is 3. The zero-order chi connectivity index (χ0) is 16.1. The van der Waals surface area contributed by atoms with Gasteiger partial charge in [0, 0.05) is 23.1 Å². The number of rotatable bonds is 8. The summed E-state index contributed by atoms with van der Waals surface area (Å²) in [5, 5.41) is 4.17. The van der Waals surface area contributed by atoms with Gasteiger partial charge in [0.2, 0.25) is 10.0 Å². The lowest BCUT2D eigenvalue weighted by molar-refractivity contribution is 0.380. The molecule has 1 aromatic carbocycles. The van der Waals surface area contributed by atoms with Gasteiger partial charge in [0.15, 0.2) is 0 Å². The molecule has 1 rings (SSSR count). The summed E-state index contributed by atoms with van der Waals surface area (Å²) in [5.41, 5.74) is 0.628. The molecule has 0 aliphatic carbocycles. The predicted molar refractivity (Wildman–Crippen MR) is 89.2 cm³/mol. The van der Waals surface area contributed by atoms with Crippen molar-refractivity contribution < 1.29 is 8.42 Å². The third kappa shape index (κ3) is 7.27. The first-order valence-electron chi connectivity index (χ1n) is 7.11. The van der Waals surface area contributed by atoms with Crippen LogP contribution in [0.5, 0.6) is 0 Å². The molecular formula is C15H25ClN2O2S. The SMILES string of the molecule is CCCC(NCC(C)(C)NS(C)(=O)=O)c1ccc(Cl)cc1. The van der Waals surface area contributed by atoms with Gasteiger partial charge < -0.3 is 5.32 Å². The molecular weight excluding hydrogens is 308 g/mol. The molecule has 0 aliphatic heterocycles. The average Bonchev–Trinajstić information content (AvgIpc) is 2.33. The van der Waals surface area contributed by atoms with Gasteiger partial charge in [0.05, 0.1) is 6.26 Å². The molecule has 21 heavy (non-hydrogen) atoms. The van der Waals surface area contributed by atoms with Crippen LogP contribution in [0.15, 0.2) is 24.3 Å². The molecule has 0 fully saturated rings. The molecule has 0 aliphatic rings. The maximum atomic E-state index is 11.4. The summed E-state index contributed by atoms with van der Waals surface area (Å²) >= 11 is 5.92. The van der Waals surface area contributed by atoms with E-state index in [1.54, 1.807) is 0 Å². The maximum absolute atomic E-state index is 11.4. The van der Waals surface area contributed by atoms with Crippen LogP contribution in [0.1, 0.15) is 45.2 Å². The Morgan fingerprint density at radius 2 is 1.81 bits per heavy atom. The van der Waals surface area contributed by atoms with Gasteiger partial charge in [-0.3, -0.25) is 0 Å². The number of nitrogens with one attached hydrogen (secondary N) is 2. The van der Waals surface area contributed by atoms with E-state index in [9.17, 15) is 8.42 Å². The van der Waals surface area contributed by atoms with Gasteiger partial charge >= 0.3 is 0 Å². The molecule has 120 valence electrons. The van der Waals surface area contributed by atoms with Crippen molar-refractivity contribution in [3.8, 4) is 0 Å². The zero-order valence-corrected chi connectivity index (χ0v) is 14.7. The molecule has 0 aromatic heterocycles. The Balaban J connectivity index is 2.73. The fraction of sp³-hybridized carbons (Fsp3) is 0.600. The first-order chi connectivity index (χ1) is 9.63. The van der Waals surface area contributed by atoms with E-state index >= 15 is 0 Å². The van der Waals surface area contributed by atoms with Gasteiger partial charge in [-0.15, -0.1) is 0 Å². The maximum Gasteiger partial charge on any atom is 0.209 e. The predicted octanol–water partition coefficient (Wildman–Crippen LogP) is 3.10. The summed E-state index contributed by atoms with van der Waals surface area (Å²) in [6.07, 6.45) is 3.20. The van der Waals surface area contributed by atoms with Crippen LogP contribution in [0.2, 0.25) is 5.02 Å². The van der Waals surface area contributed by atoms with E-state index in [-0.39, 0.29) is 6.04 Å². The van der Waals surface area contributed by atoms with E-state index in [2.05, 4.69) is 17.0 Å². The highest BCUT2D eigenvalue weighted by atomic mass is 35.5. The summed E-state index contributed by atoms with van der Waals surface area (Å²) in [6, 6.07) is 7.95. The van der Waals surface area contributed by atoms with Crippen LogP contribution in [-0.4, -0.2) is 26.8 Å². The Bertz CT molecular complexity index is 541. The van der Waals surface area contributed by atoms with Crippen molar-refractivity contribution in [3.05, 3.63) is 34.9 Å². The third-order valence-corrected chi connectivity index (χ3v) is 4.28. The molecule has 0 radical (unpaired) electrons. The minimum Gasteiger partial charge on any atom is -0.308 e. The Morgan fingerprint density at radius 3 is 2.29 bits per heavy atom. The van der Waals surface area contributed by atoms with Crippen LogP contribution in [0.4, 0.5) is 0 Å². The van der Waals surface area contributed by atoms with E-state index in [1.807, 2.05) is 38.1 Å². The van der Waals surface area contributed by atoms with Crippen LogP contribution in [-0.2, 0) is 10.0 Å². The summed E-state index contributed by atoms with van der Waals surface area (Å²) in [5.74, 6) is 0. The Morgan fingerprint density at radius 1 is 1.24 bits per heavy atom. The van der Waals surface area contributed by atoms with Gasteiger partial charge in [-0.25, -0.2) is 13.1 Å². The lowest BCUT2D eigenvalue weighted by atomic mass is 10.0. The third-order valence-electron chi connectivity index (χ3n) is 3.10. The van der Waals surface area contributed by atoms with Crippen molar-refractivity contribution in [1.29, 1.82) is 0 Å². The van der Waals surface area contributed by atoms with Gasteiger partial charge in [-0.05, 0) is 38.0 Å². The van der Waals surface area contributed by atoms with E-state index in [0.717, 1.165) is 18.4 Å². The molecule has 0 saturated heterocycles. The molecule has 4 nitrogen and oxygen atoms in total. The Labute approximate surface area is 133 Å². The quantitative estimate of drug-likeness (QED) is 0.769. The molecule has 0 heterocycles. The van der Waals surface area contributed by atoms with Crippen molar-refractivity contribution in [1.82, 2.24) is 10.0 Å². The molecule has 1 atom stereocenters. The highest BCUT2D eigenvalue weighted by Crippen LogP contribution is 2.21. The van der Waals surface area contributed by atoms with Gasteiger partial charge in [-0.1, -0.05) is 37.1 Å². The monoisotopic (exact) mass is 332 g/mol. The number of sulfonamides is 1. The number of halogens is 1. The zero-order valence-electron chi connectivity index (χ0n) is 13.1. The number of hydrogen-bond donors (Lipinski definition) is 2. The van der Waals surface area contributed by atoms with Crippen molar-refractivity contribution in [3.63, 3.8) is 0 Å². The minimum absolute atomic E-state index is 0.188. The first-order valence-corrected chi connectivity index (χ1v) is 9.38. The van der Waals surface area contributed by atoms with Gasteiger partial charge in [0.1, 0.15) is 0 Å². The van der Waals surface area contributed by atoms with Crippen LogP contribution in [0.25, 0.3) is 0 Å². The first kappa shape index (κ1) is 18.4. The largest absolute Gasteiger partial charge is 0.308 e. The fourth-order valence-corrected chi connectivity index (χ4v) is 3.49. The van der Waals surface area contributed by atoms with Crippen molar-refractivity contribution in [2.75, 3.05) is 12.8 Å². The normalized spacial score (nSPS) is 14.1.